The number of hydrogen-bond acceptors (Lipinski definition) is 4. The zero-order valence-electron chi connectivity index (χ0n) is 15.3. The third-order valence-electron chi connectivity index (χ3n) is 4.53. The lowest BCUT2D eigenvalue weighted by Crippen LogP contribution is -2.45. The molecule has 0 saturated heterocycles. The van der Waals surface area contributed by atoms with Crippen LogP contribution in [0.2, 0.25) is 0 Å². The number of nitrogens with one attached hydrogen (secondary N) is 1. The van der Waals surface area contributed by atoms with E-state index in [4.69, 9.17) is 9.47 Å². The molecule has 1 amide bonds. The van der Waals surface area contributed by atoms with E-state index in [0.29, 0.717) is 0 Å². The quantitative estimate of drug-likeness (QED) is 0.781. The Bertz CT molecular complexity index is 787. The van der Waals surface area contributed by atoms with Gasteiger partial charge in [-0.05, 0) is 36.1 Å². The van der Waals surface area contributed by atoms with E-state index in [2.05, 4.69) is 17.4 Å². The fourth-order valence-corrected chi connectivity index (χ4v) is 3.25. The summed E-state index contributed by atoms with van der Waals surface area (Å²) >= 11 is 0. The van der Waals surface area contributed by atoms with Crippen LogP contribution in [0, 0.1) is 0 Å². The maximum atomic E-state index is 12.1. The van der Waals surface area contributed by atoms with Gasteiger partial charge >= 0.3 is 12.1 Å². The van der Waals surface area contributed by atoms with Crippen LogP contribution in [-0.4, -0.2) is 42.5 Å². The Morgan fingerprint density at radius 1 is 1.04 bits per heavy atom. The van der Waals surface area contributed by atoms with E-state index in [1.807, 2.05) is 36.4 Å². The van der Waals surface area contributed by atoms with Crippen molar-refractivity contribution >= 4 is 12.1 Å². The summed E-state index contributed by atoms with van der Waals surface area (Å²) in [7, 11) is 0. The predicted molar refractivity (Wildman–Crippen MR) is 101 cm³/mol. The van der Waals surface area contributed by atoms with E-state index >= 15 is 0 Å². The lowest BCUT2D eigenvalue weighted by atomic mass is 9.98. The molecule has 0 aliphatic heterocycles. The van der Waals surface area contributed by atoms with Crippen LogP contribution in [0.25, 0.3) is 11.1 Å². The smallest absolute Gasteiger partial charge is 0.407 e. The number of hydrogen-bond donors (Lipinski definition) is 2. The van der Waals surface area contributed by atoms with E-state index in [1.54, 1.807) is 13.8 Å². The first-order valence-electron chi connectivity index (χ1n) is 8.93. The molecule has 0 saturated carbocycles. The Morgan fingerprint density at radius 2 is 1.59 bits per heavy atom. The van der Waals surface area contributed by atoms with Gasteiger partial charge in [-0.25, -0.2) is 9.59 Å². The van der Waals surface area contributed by atoms with Crippen LogP contribution < -0.4 is 5.32 Å². The van der Waals surface area contributed by atoms with Gasteiger partial charge in [0.1, 0.15) is 6.61 Å². The molecule has 2 aromatic carbocycles. The third kappa shape index (κ3) is 4.28. The zero-order valence-corrected chi connectivity index (χ0v) is 15.3. The van der Waals surface area contributed by atoms with Crippen molar-refractivity contribution in [2.24, 2.45) is 0 Å². The second-order valence-corrected chi connectivity index (χ2v) is 6.74. The number of carboxylic acids is 1. The highest BCUT2D eigenvalue weighted by Gasteiger charge is 2.29. The molecule has 6 nitrogen and oxygen atoms in total. The van der Waals surface area contributed by atoms with Gasteiger partial charge in [-0.15, -0.1) is 0 Å². The van der Waals surface area contributed by atoms with Crippen LogP contribution >= 0.6 is 0 Å². The largest absolute Gasteiger partial charge is 0.480 e. The number of carbonyl (C=O) groups is 2. The maximum Gasteiger partial charge on any atom is 0.407 e. The Hall–Kier alpha value is -2.86. The number of alkyl carbamates (subject to hydrolysis) is 1. The molecule has 0 radical (unpaired) electrons. The number of amides is 1. The number of benzene rings is 2. The molecule has 0 heterocycles. The van der Waals surface area contributed by atoms with Gasteiger partial charge in [0.05, 0.1) is 12.7 Å². The molecule has 1 aliphatic rings. The number of fused-ring (bicyclic) bond motifs is 3. The van der Waals surface area contributed by atoms with Crippen LogP contribution in [0.1, 0.15) is 30.9 Å². The van der Waals surface area contributed by atoms with Crippen molar-refractivity contribution in [3.05, 3.63) is 59.7 Å². The minimum absolute atomic E-state index is 0.0710. The van der Waals surface area contributed by atoms with Gasteiger partial charge < -0.3 is 19.9 Å². The van der Waals surface area contributed by atoms with Crippen LogP contribution in [-0.2, 0) is 14.3 Å². The minimum Gasteiger partial charge on any atom is -0.480 e. The van der Waals surface area contributed by atoms with Gasteiger partial charge in [-0.1, -0.05) is 48.5 Å². The highest BCUT2D eigenvalue weighted by Crippen LogP contribution is 2.44. The SMILES string of the molecule is CC(C)OC[C@H](NC(=O)OCC1c2ccccc2-c2ccccc21)C(=O)O. The van der Waals surface area contributed by atoms with Crippen molar-refractivity contribution in [1.82, 2.24) is 5.32 Å². The predicted octanol–water partition coefficient (Wildman–Crippen LogP) is 3.40. The molecule has 3 rings (SSSR count). The van der Waals surface area contributed by atoms with Crippen molar-refractivity contribution < 1.29 is 24.2 Å². The Balaban J connectivity index is 1.66. The van der Waals surface area contributed by atoms with Crippen LogP contribution in [0.15, 0.2) is 48.5 Å². The van der Waals surface area contributed by atoms with Crippen LogP contribution in [0.3, 0.4) is 0 Å². The Labute approximate surface area is 158 Å². The van der Waals surface area contributed by atoms with Gasteiger partial charge in [-0.3, -0.25) is 0 Å². The zero-order chi connectivity index (χ0) is 19.4. The summed E-state index contributed by atoms with van der Waals surface area (Å²) in [4.78, 5) is 23.4. The summed E-state index contributed by atoms with van der Waals surface area (Å²) in [5.41, 5.74) is 4.47. The third-order valence-corrected chi connectivity index (χ3v) is 4.53. The molecule has 0 aromatic heterocycles. The summed E-state index contributed by atoms with van der Waals surface area (Å²) in [6.45, 7) is 3.62. The summed E-state index contributed by atoms with van der Waals surface area (Å²) in [5.74, 6) is -1.23. The van der Waals surface area contributed by atoms with E-state index in [0.717, 1.165) is 22.3 Å². The molecule has 2 N–H and O–H groups in total. The monoisotopic (exact) mass is 369 g/mol. The molecule has 2 aromatic rings. The minimum atomic E-state index is -1.16. The molecule has 0 fully saturated rings. The highest BCUT2D eigenvalue weighted by molar-refractivity contribution is 5.81. The average molecular weight is 369 g/mol. The molecule has 142 valence electrons. The Kier molecular flexibility index (Phi) is 5.76. The van der Waals surface area contributed by atoms with Gasteiger partial charge in [-0.2, -0.15) is 0 Å². The van der Waals surface area contributed by atoms with Crippen molar-refractivity contribution in [3.8, 4) is 11.1 Å². The van der Waals surface area contributed by atoms with E-state index < -0.39 is 18.1 Å². The number of rotatable bonds is 7. The maximum absolute atomic E-state index is 12.1. The average Bonchev–Trinajstić information content (AvgIpc) is 2.97. The molecule has 27 heavy (non-hydrogen) atoms. The van der Waals surface area contributed by atoms with E-state index in [9.17, 15) is 14.7 Å². The number of carboxylic acid groups (broad SMARTS) is 1. The number of ether oxygens (including phenoxy) is 2. The molecule has 1 aliphatic carbocycles. The highest BCUT2D eigenvalue weighted by atomic mass is 16.5. The van der Waals surface area contributed by atoms with Gasteiger partial charge in [0.15, 0.2) is 6.04 Å². The summed E-state index contributed by atoms with van der Waals surface area (Å²) in [6, 6.07) is 14.9. The Morgan fingerprint density at radius 3 is 2.11 bits per heavy atom. The molecule has 1 atom stereocenters. The lowest BCUT2D eigenvalue weighted by Gasteiger charge is -2.18. The molecule has 6 heteroatoms. The van der Waals surface area contributed by atoms with E-state index in [1.165, 1.54) is 0 Å². The summed E-state index contributed by atoms with van der Waals surface area (Å²) in [6.07, 6.45) is -0.896. The standard InChI is InChI=1S/C21H23NO5/c1-13(2)26-12-19(20(23)24)22-21(25)27-11-18-16-9-5-3-7-14(16)15-8-4-6-10-17(15)18/h3-10,13,18-19H,11-12H2,1-2H3,(H,22,25)(H,23,24)/t19-/m0/s1. The normalized spacial score (nSPS) is 13.7. The number of carbonyl (C=O) groups excluding carboxylic acids is 1. The molecular weight excluding hydrogens is 346 g/mol. The van der Waals surface area contributed by atoms with Crippen molar-refractivity contribution in [2.75, 3.05) is 13.2 Å². The molecule has 0 bridgehead atoms. The van der Waals surface area contributed by atoms with Crippen LogP contribution in [0.4, 0.5) is 4.79 Å². The van der Waals surface area contributed by atoms with Gasteiger partial charge in [0, 0.05) is 5.92 Å². The summed E-state index contributed by atoms with van der Waals surface area (Å²) < 4.78 is 10.6. The van der Waals surface area contributed by atoms with Crippen molar-refractivity contribution in [3.63, 3.8) is 0 Å². The van der Waals surface area contributed by atoms with Crippen LogP contribution in [0.5, 0.6) is 0 Å². The topological polar surface area (TPSA) is 84.9 Å². The molecular formula is C21H23NO5. The number of aliphatic carboxylic acids is 1. The molecule has 0 unspecified atom stereocenters. The first-order valence-corrected chi connectivity index (χ1v) is 8.93. The first-order chi connectivity index (χ1) is 13.0. The van der Waals surface area contributed by atoms with Gasteiger partial charge in [0.2, 0.25) is 0 Å². The second kappa shape index (κ2) is 8.22. The first kappa shape index (κ1) is 18.9. The van der Waals surface area contributed by atoms with E-state index in [-0.39, 0.29) is 25.2 Å². The fourth-order valence-electron chi connectivity index (χ4n) is 3.25. The molecule has 0 spiro atoms. The van der Waals surface area contributed by atoms with Crippen molar-refractivity contribution in [2.45, 2.75) is 31.9 Å². The fraction of sp³-hybridized carbons (Fsp3) is 0.333. The lowest BCUT2D eigenvalue weighted by molar-refractivity contribution is -0.141. The second-order valence-electron chi connectivity index (χ2n) is 6.74. The van der Waals surface area contributed by atoms with Gasteiger partial charge in [0.25, 0.3) is 0 Å². The summed E-state index contributed by atoms with van der Waals surface area (Å²) in [5, 5.41) is 11.6. The van der Waals surface area contributed by atoms with Crippen molar-refractivity contribution in [1.29, 1.82) is 0 Å².